The Morgan fingerprint density at radius 3 is 2.33 bits per heavy atom. The van der Waals surface area contributed by atoms with Crippen LogP contribution in [0.4, 0.5) is 10.5 Å². The maximum atomic E-state index is 14.1. The molecular weight excluding hydrogens is 492 g/mol. The highest BCUT2D eigenvalue weighted by molar-refractivity contribution is 6.07. The Morgan fingerprint density at radius 1 is 1.03 bits per heavy atom. The summed E-state index contributed by atoms with van der Waals surface area (Å²) in [5, 5.41) is 5.42. The zero-order valence-corrected chi connectivity index (χ0v) is 22.7. The molecule has 0 unspecified atom stereocenters. The molecule has 4 fully saturated rings. The number of imide groups is 1. The van der Waals surface area contributed by atoms with Gasteiger partial charge in [0.15, 0.2) is 0 Å². The average Bonchev–Trinajstić information content (AvgIpc) is 3.44. The maximum Gasteiger partial charge on any atom is 0.324 e. The van der Waals surface area contributed by atoms with Gasteiger partial charge in [-0.3, -0.25) is 19.7 Å². The fourth-order valence-electron chi connectivity index (χ4n) is 7.30. The van der Waals surface area contributed by atoms with Gasteiger partial charge in [0, 0.05) is 31.0 Å². The van der Waals surface area contributed by atoms with Crippen LogP contribution in [0.15, 0.2) is 48.5 Å². The number of urea groups is 1. The van der Waals surface area contributed by atoms with Gasteiger partial charge in [0.25, 0.3) is 5.91 Å². The van der Waals surface area contributed by atoms with E-state index in [0.717, 1.165) is 61.1 Å². The Balaban J connectivity index is 1.20. The molecule has 5 amide bonds. The van der Waals surface area contributed by atoms with Crippen LogP contribution in [0.3, 0.4) is 0 Å². The van der Waals surface area contributed by atoms with E-state index in [4.69, 9.17) is 0 Å². The highest BCUT2D eigenvalue weighted by atomic mass is 16.2. The van der Waals surface area contributed by atoms with E-state index < -0.39 is 5.54 Å². The minimum atomic E-state index is -0.908. The van der Waals surface area contributed by atoms with E-state index in [1.54, 1.807) is 11.9 Å². The quantitative estimate of drug-likeness (QED) is 0.549. The van der Waals surface area contributed by atoms with Gasteiger partial charge in [0.05, 0.1) is 6.04 Å². The minimum Gasteiger partial charge on any atom is -0.326 e. The highest BCUT2D eigenvalue weighted by Crippen LogP contribution is 2.51. The van der Waals surface area contributed by atoms with Crippen molar-refractivity contribution in [2.24, 2.45) is 11.3 Å². The molecule has 7 rings (SSSR count). The first-order valence-electron chi connectivity index (χ1n) is 14.1. The fourth-order valence-corrected chi connectivity index (χ4v) is 7.30. The SMILES string of the molecule is C[C@H](c1ccccc1)N(CC(=O)Nc1ccc2c(c1)C[C@@]1(C2)C(=O)NC(=O)N1C)C(=O)C12CCC(CC1)CC2. The largest absolute Gasteiger partial charge is 0.326 e. The first-order chi connectivity index (χ1) is 18.7. The molecule has 2 aromatic rings. The number of anilines is 1. The molecule has 1 aliphatic heterocycles. The van der Waals surface area contributed by atoms with Crippen molar-refractivity contribution < 1.29 is 19.2 Å². The summed E-state index contributed by atoms with van der Waals surface area (Å²) in [7, 11) is 1.65. The van der Waals surface area contributed by atoms with Crippen molar-refractivity contribution in [1.82, 2.24) is 15.1 Å². The van der Waals surface area contributed by atoms with Gasteiger partial charge in [-0.2, -0.15) is 0 Å². The van der Waals surface area contributed by atoms with E-state index in [1.807, 2.05) is 55.5 Å². The summed E-state index contributed by atoms with van der Waals surface area (Å²) in [6, 6.07) is 14.9. The first kappa shape index (κ1) is 25.6. The second-order valence-corrected chi connectivity index (χ2v) is 12.0. The van der Waals surface area contributed by atoms with Gasteiger partial charge in [-0.15, -0.1) is 0 Å². The van der Waals surface area contributed by atoms with Crippen molar-refractivity contribution in [3.05, 3.63) is 65.2 Å². The predicted octanol–water partition coefficient (Wildman–Crippen LogP) is 4.20. The Kier molecular flexibility index (Phi) is 6.24. The van der Waals surface area contributed by atoms with Gasteiger partial charge < -0.3 is 15.1 Å². The van der Waals surface area contributed by atoms with Crippen LogP contribution in [-0.2, 0) is 27.2 Å². The number of nitrogens with one attached hydrogen (secondary N) is 2. The number of benzene rings is 2. The number of fused-ring (bicyclic) bond motifs is 4. The Bertz CT molecular complexity index is 1320. The Hall–Kier alpha value is -3.68. The van der Waals surface area contributed by atoms with Crippen LogP contribution in [0, 0.1) is 11.3 Å². The van der Waals surface area contributed by atoms with Crippen molar-refractivity contribution in [2.75, 3.05) is 18.9 Å². The molecule has 2 atom stereocenters. The third kappa shape index (κ3) is 4.30. The molecule has 8 nitrogen and oxygen atoms in total. The monoisotopic (exact) mass is 528 g/mol. The third-order valence-electron chi connectivity index (χ3n) is 9.92. The summed E-state index contributed by atoms with van der Waals surface area (Å²) in [6.45, 7) is 1.98. The average molecular weight is 529 g/mol. The van der Waals surface area contributed by atoms with Crippen LogP contribution in [0.5, 0.6) is 0 Å². The lowest BCUT2D eigenvalue weighted by molar-refractivity contribution is -0.152. The molecule has 1 heterocycles. The van der Waals surface area contributed by atoms with Gasteiger partial charge >= 0.3 is 6.03 Å². The van der Waals surface area contributed by atoms with E-state index >= 15 is 0 Å². The van der Waals surface area contributed by atoms with E-state index in [2.05, 4.69) is 10.6 Å². The first-order valence-corrected chi connectivity index (χ1v) is 14.1. The molecular formula is C31H36N4O4. The van der Waals surface area contributed by atoms with Crippen molar-refractivity contribution in [2.45, 2.75) is 69.9 Å². The number of nitrogens with zero attached hydrogens (tertiary/aromatic N) is 2. The van der Waals surface area contributed by atoms with Crippen LogP contribution in [0.2, 0.25) is 0 Å². The maximum absolute atomic E-state index is 14.1. The standard InChI is InChI=1S/C31H36N4O4/c1-20(22-6-4-3-5-7-22)35(28(38)30-13-10-21(11-14-30)12-15-30)19-26(36)32-25-9-8-23-17-31(18-24(23)16-25)27(37)33-29(39)34(31)2/h3-9,16,20-21H,10-15,17-19H2,1-2H3,(H,32,36)(H,33,37,39)/t20-,21?,30?,31+/m1/s1. The summed E-state index contributed by atoms with van der Waals surface area (Å²) < 4.78 is 0. The van der Waals surface area contributed by atoms with Gasteiger partial charge in [0.1, 0.15) is 12.1 Å². The summed E-state index contributed by atoms with van der Waals surface area (Å²) in [5.74, 6) is 0.320. The normalized spacial score (nSPS) is 27.8. The highest BCUT2D eigenvalue weighted by Gasteiger charge is 2.54. The molecule has 3 saturated carbocycles. The van der Waals surface area contributed by atoms with Crippen LogP contribution in [0.25, 0.3) is 0 Å². The lowest BCUT2D eigenvalue weighted by Crippen LogP contribution is -2.51. The number of carbonyl (C=O) groups excluding carboxylic acids is 4. The molecule has 2 bridgehead atoms. The minimum absolute atomic E-state index is 0.0270. The van der Waals surface area contributed by atoms with Crippen molar-refractivity contribution in [1.29, 1.82) is 0 Å². The Labute approximate surface area is 229 Å². The summed E-state index contributed by atoms with van der Waals surface area (Å²) in [6.07, 6.45) is 6.88. The molecule has 5 aliphatic rings. The van der Waals surface area contributed by atoms with Crippen molar-refractivity contribution >= 4 is 29.4 Å². The lowest BCUT2D eigenvalue weighted by atomic mass is 9.60. The van der Waals surface area contributed by atoms with Crippen LogP contribution in [-0.4, -0.2) is 52.7 Å². The van der Waals surface area contributed by atoms with Gasteiger partial charge in [-0.05, 0) is 80.2 Å². The molecule has 4 aliphatic carbocycles. The Morgan fingerprint density at radius 2 is 1.69 bits per heavy atom. The molecule has 2 N–H and O–H groups in total. The van der Waals surface area contributed by atoms with E-state index in [1.165, 1.54) is 4.90 Å². The van der Waals surface area contributed by atoms with Crippen LogP contribution in [0.1, 0.15) is 68.2 Å². The topological polar surface area (TPSA) is 98.8 Å². The molecule has 2 aromatic carbocycles. The molecule has 1 saturated heterocycles. The zero-order valence-electron chi connectivity index (χ0n) is 22.7. The number of amides is 5. The number of hydrogen-bond donors (Lipinski definition) is 2. The van der Waals surface area contributed by atoms with Crippen LogP contribution < -0.4 is 10.6 Å². The van der Waals surface area contributed by atoms with Gasteiger partial charge in [-0.25, -0.2) is 4.79 Å². The summed E-state index contributed by atoms with van der Waals surface area (Å²) in [4.78, 5) is 55.5. The van der Waals surface area contributed by atoms with Gasteiger partial charge in [0.2, 0.25) is 11.8 Å². The number of likely N-dealkylation sites (N-methyl/N-ethyl adjacent to an activating group) is 1. The molecule has 0 radical (unpaired) electrons. The fraction of sp³-hybridized carbons (Fsp3) is 0.484. The smallest absolute Gasteiger partial charge is 0.324 e. The lowest BCUT2D eigenvalue weighted by Gasteiger charge is -2.48. The molecule has 204 valence electrons. The molecule has 8 heteroatoms. The van der Waals surface area contributed by atoms with E-state index in [9.17, 15) is 19.2 Å². The van der Waals surface area contributed by atoms with E-state index in [-0.39, 0.29) is 41.8 Å². The van der Waals surface area contributed by atoms with E-state index in [0.29, 0.717) is 18.5 Å². The van der Waals surface area contributed by atoms with Crippen LogP contribution >= 0.6 is 0 Å². The molecule has 39 heavy (non-hydrogen) atoms. The number of rotatable bonds is 6. The number of hydrogen-bond acceptors (Lipinski definition) is 4. The second-order valence-electron chi connectivity index (χ2n) is 12.0. The number of carbonyl (C=O) groups is 4. The zero-order chi connectivity index (χ0) is 27.4. The third-order valence-corrected chi connectivity index (χ3v) is 9.92. The summed E-state index contributed by atoms with van der Waals surface area (Å²) in [5.41, 5.74) is 2.30. The second kappa shape index (κ2) is 9.50. The molecule has 1 spiro atoms. The summed E-state index contributed by atoms with van der Waals surface area (Å²) >= 11 is 0. The van der Waals surface area contributed by atoms with Gasteiger partial charge in [-0.1, -0.05) is 36.4 Å². The van der Waals surface area contributed by atoms with Crippen molar-refractivity contribution in [3.8, 4) is 0 Å². The van der Waals surface area contributed by atoms with Crippen molar-refractivity contribution in [3.63, 3.8) is 0 Å². The predicted molar refractivity (Wildman–Crippen MR) is 147 cm³/mol. The molecule has 0 aromatic heterocycles.